The Morgan fingerprint density at radius 1 is 1.09 bits per heavy atom. The molecule has 0 radical (unpaired) electrons. The SMILES string of the molecule is CN(CCOc1ccc2c(ccc3occ([C@@H]4CCC(=O)NC4=O)c32)c1)C1CCCCC1. The van der Waals surface area contributed by atoms with Crippen LogP contribution < -0.4 is 10.1 Å². The quantitative estimate of drug-likeness (QED) is 0.567. The minimum atomic E-state index is -0.370. The van der Waals surface area contributed by atoms with Gasteiger partial charge in [0, 0.05) is 30.0 Å². The number of hydrogen-bond donors (Lipinski definition) is 1. The van der Waals surface area contributed by atoms with Crippen LogP contribution in [0, 0.1) is 0 Å². The van der Waals surface area contributed by atoms with Crippen LogP contribution in [0.4, 0.5) is 0 Å². The van der Waals surface area contributed by atoms with Crippen molar-refractivity contribution < 1.29 is 18.7 Å². The maximum absolute atomic E-state index is 12.4. The van der Waals surface area contributed by atoms with Crippen molar-refractivity contribution in [3.05, 3.63) is 42.2 Å². The predicted molar refractivity (Wildman–Crippen MR) is 124 cm³/mol. The van der Waals surface area contributed by atoms with Crippen molar-refractivity contribution in [2.45, 2.75) is 56.9 Å². The van der Waals surface area contributed by atoms with E-state index >= 15 is 0 Å². The third-order valence-corrected chi connectivity index (χ3v) is 7.08. The number of piperidine rings is 1. The van der Waals surface area contributed by atoms with E-state index in [-0.39, 0.29) is 17.7 Å². The largest absolute Gasteiger partial charge is 0.492 e. The molecule has 3 aromatic rings. The maximum atomic E-state index is 12.4. The number of rotatable bonds is 6. The van der Waals surface area contributed by atoms with Crippen LogP contribution in [-0.2, 0) is 9.59 Å². The number of carbonyl (C=O) groups excluding carboxylic acids is 2. The molecule has 5 rings (SSSR count). The van der Waals surface area contributed by atoms with Gasteiger partial charge in [0.05, 0.1) is 12.2 Å². The molecular weight excluding hydrogens is 404 g/mol. The Bertz CT molecular complexity index is 1150. The van der Waals surface area contributed by atoms with Crippen molar-refractivity contribution in [1.29, 1.82) is 0 Å². The number of fused-ring (bicyclic) bond motifs is 3. The summed E-state index contributed by atoms with van der Waals surface area (Å²) in [6.07, 6.45) is 9.15. The fraction of sp³-hybridized carbons (Fsp3) is 0.462. The van der Waals surface area contributed by atoms with Crippen LogP contribution in [0.1, 0.15) is 56.4 Å². The number of likely N-dealkylation sites (N-methyl/N-ethyl adjacent to an activating group) is 1. The van der Waals surface area contributed by atoms with Gasteiger partial charge in [0.2, 0.25) is 11.8 Å². The number of amides is 2. The summed E-state index contributed by atoms with van der Waals surface area (Å²) in [5, 5.41) is 5.47. The summed E-state index contributed by atoms with van der Waals surface area (Å²) >= 11 is 0. The van der Waals surface area contributed by atoms with E-state index in [0.717, 1.165) is 39.6 Å². The lowest BCUT2D eigenvalue weighted by molar-refractivity contribution is -0.134. The van der Waals surface area contributed by atoms with Crippen LogP contribution >= 0.6 is 0 Å². The lowest BCUT2D eigenvalue weighted by atomic mass is 9.89. The first-order valence-electron chi connectivity index (χ1n) is 11.7. The molecule has 1 atom stereocenters. The van der Waals surface area contributed by atoms with E-state index in [4.69, 9.17) is 9.15 Å². The van der Waals surface area contributed by atoms with Gasteiger partial charge >= 0.3 is 0 Å². The molecular formula is C26H30N2O4. The molecule has 1 saturated heterocycles. The van der Waals surface area contributed by atoms with Crippen molar-refractivity contribution in [3.63, 3.8) is 0 Å². The topological polar surface area (TPSA) is 71.8 Å². The van der Waals surface area contributed by atoms with Gasteiger partial charge in [-0.15, -0.1) is 0 Å². The first-order valence-corrected chi connectivity index (χ1v) is 11.7. The van der Waals surface area contributed by atoms with E-state index in [0.29, 0.717) is 25.5 Å². The standard InChI is InChI=1S/C26H30N2O4/c1-28(18-5-3-2-4-6-18)13-14-31-19-8-9-20-17(15-19)7-11-23-25(20)22(16-32-23)21-10-12-24(29)27-26(21)30/h7-9,11,15-16,18,21H,2-6,10,12-14H2,1H3,(H,27,29,30)/t21-/m0/s1. The van der Waals surface area contributed by atoms with Gasteiger partial charge < -0.3 is 14.1 Å². The summed E-state index contributed by atoms with van der Waals surface area (Å²) < 4.78 is 11.8. The predicted octanol–water partition coefficient (Wildman–Crippen LogP) is 4.75. The van der Waals surface area contributed by atoms with Crippen molar-refractivity contribution in [2.75, 3.05) is 20.2 Å². The highest BCUT2D eigenvalue weighted by Crippen LogP contribution is 2.37. The highest BCUT2D eigenvalue weighted by atomic mass is 16.5. The molecule has 1 aliphatic heterocycles. The number of hydrogen-bond acceptors (Lipinski definition) is 5. The number of ether oxygens (including phenoxy) is 1. The molecule has 2 aliphatic rings. The van der Waals surface area contributed by atoms with Gasteiger partial charge in [0.25, 0.3) is 0 Å². The van der Waals surface area contributed by atoms with E-state index in [2.05, 4.69) is 23.3 Å². The number of nitrogens with zero attached hydrogens (tertiary/aromatic N) is 1. The van der Waals surface area contributed by atoms with Crippen LogP contribution in [0.15, 0.2) is 41.0 Å². The van der Waals surface area contributed by atoms with E-state index in [9.17, 15) is 9.59 Å². The normalized spacial score (nSPS) is 20.2. The third-order valence-electron chi connectivity index (χ3n) is 7.08. The van der Waals surface area contributed by atoms with Crippen LogP contribution in [0.2, 0.25) is 0 Å². The van der Waals surface area contributed by atoms with E-state index in [1.807, 2.05) is 24.3 Å². The first kappa shape index (κ1) is 21.0. The Kier molecular flexibility index (Phi) is 5.87. The lowest BCUT2D eigenvalue weighted by Crippen LogP contribution is -2.39. The highest BCUT2D eigenvalue weighted by Gasteiger charge is 2.31. The van der Waals surface area contributed by atoms with Gasteiger partial charge in [-0.1, -0.05) is 25.3 Å². The summed E-state index contributed by atoms with van der Waals surface area (Å²) in [6, 6.07) is 10.7. The summed E-state index contributed by atoms with van der Waals surface area (Å²) in [4.78, 5) is 26.4. The van der Waals surface area contributed by atoms with Crippen LogP contribution in [0.25, 0.3) is 21.7 Å². The number of imide groups is 1. The van der Waals surface area contributed by atoms with E-state index in [1.54, 1.807) is 6.26 Å². The summed E-state index contributed by atoms with van der Waals surface area (Å²) in [7, 11) is 2.20. The van der Waals surface area contributed by atoms with E-state index in [1.165, 1.54) is 32.1 Å². The van der Waals surface area contributed by atoms with Gasteiger partial charge in [0.1, 0.15) is 17.9 Å². The third kappa shape index (κ3) is 4.11. The second-order valence-electron chi connectivity index (χ2n) is 9.14. The Morgan fingerprint density at radius 3 is 2.75 bits per heavy atom. The molecule has 0 unspecified atom stereocenters. The summed E-state index contributed by atoms with van der Waals surface area (Å²) in [6.45, 7) is 1.58. The molecule has 1 saturated carbocycles. The summed E-state index contributed by atoms with van der Waals surface area (Å²) in [5.41, 5.74) is 1.60. The van der Waals surface area contributed by atoms with Crippen molar-refractivity contribution in [2.24, 2.45) is 0 Å². The molecule has 6 nitrogen and oxygen atoms in total. The molecule has 1 aliphatic carbocycles. The van der Waals surface area contributed by atoms with Gasteiger partial charge in [-0.05, 0) is 61.3 Å². The zero-order chi connectivity index (χ0) is 22.1. The van der Waals surface area contributed by atoms with Crippen molar-refractivity contribution in [3.8, 4) is 5.75 Å². The molecule has 0 spiro atoms. The molecule has 0 bridgehead atoms. The molecule has 32 heavy (non-hydrogen) atoms. The average Bonchev–Trinajstić information content (AvgIpc) is 3.24. The molecule has 168 valence electrons. The van der Waals surface area contributed by atoms with Gasteiger partial charge in [-0.25, -0.2) is 0 Å². The van der Waals surface area contributed by atoms with Gasteiger partial charge in [0.15, 0.2) is 0 Å². The second kappa shape index (κ2) is 8.94. The summed E-state index contributed by atoms with van der Waals surface area (Å²) in [5.74, 6) is 0.0218. The minimum absolute atomic E-state index is 0.208. The first-order chi connectivity index (χ1) is 15.6. The minimum Gasteiger partial charge on any atom is -0.492 e. The number of carbonyl (C=O) groups is 2. The number of furan rings is 1. The Balaban J connectivity index is 1.34. The Labute approximate surface area is 187 Å². The molecule has 2 fully saturated rings. The van der Waals surface area contributed by atoms with Crippen LogP contribution in [-0.4, -0.2) is 43.0 Å². The molecule has 2 aromatic carbocycles. The van der Waals surface area contributed by atoms with Crippen LogP contribution in [0.3, 0.4) is 0 Å². The maximum Gasteiger partial charge on any atom is 0.234 e. The van der Waals surface area contributed by atoms with Gasteiger partial charge in [-0.3, -0.25) is 14.9 Å². The average molecular weight is 435 g/mol. The molecule has 6 heteroatoms. The molecule has 2 heterocycles. The van der Waals surface area contributed by atoms with E-state index < -0.39 is 0 Å². The Morgan fingerprint density at radius 2 is 1.94 bits per heavy atom. The Hall–Kier alpha value is -2.86. The zero-order valence-corrected chi connectivity index (χ0v) is 18.6. The van der Waals surface area contributed by atoms with Gasteiger partial charge in [-0.2, -0.15) is 0 Å². The smallest absolute Gasteiger partial charge is 0.234 e. The highest BCUT2D eigenvalue weighted by molar-refractivity contribution is 6.10. The second-order valence-corrected chi connectivity index (χ2v) is 9.14. The monoisotopic (exact) mass is 434 g/mol. The fourth-order valence-corrected chi connectivity index (χ4v) is 5.22. The number of benzene rings is 2. The fourth-order valence-electron chi connectivity index (χ4n) is 5.22. The van der Waals surface area contributed by atoms with Crippen molar-refractivity contribution >= 4 is 33.6 Å². The zero-order valence-electron chi connectivity index (χ0n) is 18.6. The number of nitrogens with one attached hydrogen (secondary N) is 1. The molecule has 1 aromatic heterocycles. The van der Waals surface area contributed by atoms with Crippen molar-refractivity contribution in [1.82, 2.24) is 10.2 Å². The van der Waals surface area contributed by atoms with Crippen LogP contribution in [0.5, 0.6) is 5.75 Å². The molecule has 1 N–H and O–H groups in total. The lowest BCUT2D eigenvalue weighted by Gasteiger charge is -2.31. The molecule has 2 amide bonds.